The van der Waals surface area contributed by atoms with Crippen molar-refractivity contribution in [1.29, 1.82) is 0 Å². The monoisotopic (exact) mass is 252 g/mol. The van der Waals surface area contributed by atoms with Gasteiger partial charge in [-0.3, -0.25) is 4.79 Å². The second kappa shape index (κ2) is 9.44. The summed E-state index contributed by atoms with van der Waals surface area (Å²) in [6, 6.07) is 9.73. The van der Waals surface area contributed by atoms with Crippen LogP contribution in [0, 0.1) is 0 Å². The quantitative estimate of drug-likeness (QED) is 0.596. The van der Waals surface area contributed by atoms with Crippen LogP contribution in [-0.4, -0.2) is 38.8 Å². The molecule has 0 saturated carbocycles. The first kappa shape index (κ1) is 14.5. The van der Waals surface area contributed by atoms with E-state index < -0.39 is 5.91 Å². The second-order valence-electron chi connectivity index (χ2n) is 3.78. The molecule has 0 bridgehead atoms. The largest absolute Gasteiger partial charge is 0.494 e. The van der Waals surface area contributed by atoms with Crippen molar-refractivity contribution in [3.8, 4) is 5.75 Å². The van der Waals surface area contributed by atoms with Crippen molar-refractivity contribution < 1.29 is 14.3 Å². The molecule has 0 atom stereocenters. The van der Waals surface area contributed by atoms with Gasteiger partial charge in [0.2, 0.25) is 5.91 Å². The molecule has 100 valence electrons. The molecule has 1 aromatic rings. The number of rotatable bonds is 10. The minimum absolute atomic E-state index is 0.0151. The lowest BCUT2D eigenvalue weighted by Gasteiger charge is -2.07. The van der Waals surface area contributed by atoms with Crippen LogP contribution in [0.15, 0.2) is 30.3 Å². The number of para-hydroxylation sites is 1. The fourth-order valence-electron chi connectivity index (χ4n) is 1.35. The molecule has 0 aliphatic heterocycles. The Kier molecular flexibility index (Phi) is 7.59. The molecule has 0 spiro atoms. The summed E-state index contributed by atoms with van der Waals surface area (Å²) < 4.78 is 10.5. The first-order valence-electron chi connectivity index (χ1n) is 6.03. The Morgan fingerprint density at radius 2 is 1.94 bits per heavy atom. The van der Waals surface area contributed by atoms with Gasteiger partial charge >= 0.3 is 0 Å². The van der Waals surface area contributed by atoms with Crippen LogP contribution in [0.25, 0.3) is 0 Å². The molecule has 5 nitrogen and oxygen atoms in total. The first-order valence-corrected chi connectivity index (χ1v) is 6.03. The third-order valence-corrected chi connectivity index (χ3v) is 2.18. The van der Waals surface area contributed by atoms with Crippen LogP contribution in [0.4, 0.5) is 0 Å². The highest BCUT2D eigenvalue weighted by atomic mass is 16.5. The van der Waals surface area contributed by atoms with Gasteiger partial charge in [0.1, 0.15) is 12.4 Å². The van der Waals surface area contributed by atoms with E-state index in [0.717, 1.165) is 18.7 Å². The van der Waals surface area contributed by atoms with Gasteiger partial charge in [0.15, 0.2) is 0 Å². The molecule has 0 aliphatic carbocycles. The third kappa shape index (κ3) is 7.65. The maximum Gasteiger partial charge on any atom is 0.243 e. The van der Waals surface area contributed by atoms with Crippen molar-refractivity contribution in [1.82, 2.24) is 5.32 Å². The summed E-state index contributed by atoms with van der Waals surface area (Å²) in [5.41, 5.74) is 4.93. The topological polar surface area (TPSA) is 73.6 Å². The molecule has 0 aliphatic rings. The van der Waals surface area contributed by atoms with Crippen molar-refractivity contribution in [3.63, 3.8) is 0 Å². The molecule has 0 heterocycles. The van der Waals surface area contributed by atoms with E-state index >= 15 is 0 Å². The van der Waals surface area contributed by atoms with Gasteiger partial charge in [0, 0.05) is 6.54 Å². The molecule has 1 amide bonds. The molecule has 0 unspecified atom stereocenters. The van der Waals surface area contributed by atoms with Gasteiger partial charge in [-0.05, 0) is 25.1 Å². The molecular weight excluding hydrogens is 232 g/mol. The summed E-state index contributed by atoms with van der Waals surface area (Å²) >= 11 is 0. The Morgan fingerprint density at radius 3 is 2.67 bits per heavy atom. The second-order valence-corrected chi connectivity index (χ2v) is 3.78. The van der Waals surface area contributed by atoms with Crippen molar-refractivity contribution in [2.45, 2.75) is 6.42 Å². The van der Waals surface area contributed by atoms with E-state index in [4.69, 9.17) is 15.2 Å². The van der Waals surface area contributed by atoms with Gasteiger partial charge in [0.25, 0.3) is 0 Å². The first-order chi connectivity index (χ1) is 8.79. The Hall–Kier alpha value is -1.59. The Balaban J connectivity index is 1.86. The number of carbonyl (C=O) groups is 1. The minimum atomic E-state index is -0.439. The summed E-state index contributed by atoms with van der Waals surface area (Å²) in [7, 11) is 0. The standard InChI is InChI=1S/C13H20N2O3/c14-13(16)11-17-10-8-15-7-4-9-18-12-5-2-1-3-6-12/h1-3,5-6,15H,4,7-11H2,(H2,14,16). The van der Waals surface area contributed by atoms with Crippen molar-refractivity contribution >= 4 is 5.91 Å². The van der Waals surface area contributed by atoms with Gasteiger partial charge in [-0.1, -0.05) is 18.2 Å². The Labute approximate surface area is 107 Å². The lowest BCUT2D eigenvalue weighted by atomic mass is 10.3. The Bertz CT molecular complexity index is 330. The van der Waals surface area contributed by atoms with E-state index in [2.05, 4.69) is 5.32 Å². The van der Waals surface area contributed by atoms with Crippen LogP contribution in [-0.2, 0) is 9.53 Å². The van der Waals surface area contributed by atoms with Crippen molar-refractivity contribution in [2.24, 2.45) is 5.73 Å². The van der Waals surface area contributed by atoms with Gasteiger partial charge < -0.3 is 20.5 Å². The van der Waals surface area contributed by atoms with E-state index in [1.54, 1.807) is 0 Å². The number of benzene rings is 1. The summed E-state index contributed by atoms with van der Waals surface area (Å²) in [5, 5.41) is 3.19. The molecule has 1 rings (SSSR count). The van der Waals surface area contributed by atoms with E-state index in [0.29, 0.717) is 19.8 Å². The zero-order valence-corrected chi connectivity index (χ0v) is 10.4. The van der Waals surface area contributed by atoms with Crippen LogP contribution in [0.3, 0.4) is 0 Å². The predicted octanol–water partition coefficient (Wildman–Crippen LogP) is 0.547. The average Bonchev–Trinajstić information content (AvgIpc) is 2.37. The SMILES string of the molecule is NC(=O)COCCNCCCOc1ccccc1. The fraction of sp³-hybridized carbons (Fsp3) is 0.462. The Morgan fingerprint density at radius 1 is 1.17 bits per heavy atom. The third-order valence-electron chi connectivity index (χ3n) is 2.18. The molecule has 0 saturated heterocycles. The molecule has 1 aromatic carbocycles. The van der Waals surface area contributed by atoms with E-state index in [-0.39, 0.29) is 6.61 Å². The van der Waals surface area contributed by atoms with Crippen LogP contribution >= 0.6 is 0 Å². The summed E-state index contributed by atoms with van der Waals surface area (Å²) in [6.07, 6.45) is 0.921. The highest BCUT2D eigenvalue weighted by molar-refractivity contribution is 5.74. The number of hydrogen-bond acceptors (Lipinski definition) is 4. The zero-order valence-electron chi connectivity index (χ0n) is 10.4. The minimum Gasteiger partial charge on any atom is -0.494 e. The molecule has 0 radical (unpaired) electrons. The number of hydrogen-bond donors (Lipinski definition) is 2. The average molecular weight is 252 g/mol. The van der Waals surface area contributed by atoms with E-state index in [1.807, 2.05) is 30.3 Å². The van der Waals surface area contributed by atoms with Crippen molar-refractivity contribution in [3.05, 3.63) is 30.3 Å². The molecule has 0 aromatic heterocycles. The number of carbonyl (C=O) groups excluding carboxylic acids is 1. The van der Waals surface area contributed by atoms with Gasteiger partial charge in [-0.2, -0.15) is 0 Å². The predicted molar refractivity (Wildman–Crippen MR) is 69.4 cm³/mol. The highest BCUT2D eigenvalue weighted by Crippen LogP contribution is 2.07. The lowest BCUT2D eigenvalue weighted by molar-refractivity contribution is -0.122. The van der Waals surface area contributed by atoms with Crippen LogP contribution in [0.2, 0.25) is 0 Å². The number of amides is 1. The lowest BCUT2D eigenvalue weighted by Crippen LogP contribution is -2.25. The highest BCUT2D eigenvalue weighted by Gasteiger charge is 1.94. The molecule has 3 N–H and O–H groups in total. The van der Waals surface area contributed by atoms with Gasteiger partial charge in [-0.25, -0.2) is 0 Å². The fourth-order valence-corrected chi connectivity index (χ4v) is 1.35. The summed E-state index contributed by atoms with van der Waals surface area (Å²) in [4.78, 5) is 10.4. The molecule has 18 heavy (non-hydrogen) atoms. The zero-order chi connectivity index (χ0) is 13.1. The summed E-state index contributed by atoms with van der Waals surface area (Å²) in [6.45, 7) is 2.71. The smallest absolute Gasteiger partial charge is 0.243 e. The molecule has 0 fully saturated rings. The maximum absolute atomic E-state index is 10.4. The van der Waals surface area contributed by atoms with Gasteiger partial charge in [0.05, 0.1) is 13.2 Å². The maximum atomic E-state index is 10.4. The number of ether oxygens (including phenoxy) is 2. The van der Waals surface area contributed by atoms with E-state index in [1.165, 1.54) is 0 Å². The summed E-state index contributed by atoms with van der Waals surface area (Å²) in [5.74, 6) is 0.452. The van der Waals surface area contributed by atoms with Crippen LogP contribution in [0.1, 0.15) is 6.42 Å². The van der Waals surface area contributed by atoms with Crippen molar-refractivity contribution in [2.75, 3.05) is 32.9 Å². The number of nitrogens with two attached hydrogens (primary N) is 1. The van der Waals surface area contributed by atoms with E-state index in [9.17, 15) is 4.79 Å². The van der Waals surface area contributed by atoms with Crippen LogP contribution < -0.4 is 15.8 Å². The molecule has 5 heteroatoms. The number of primary amides is 1. The molecular formula is C13H20N2O3. The normalized spacial score (nSPS) is 10.2. The van der Waals surface area contributed by atoms with Gasteiger partial charge in [-0.15, -0.1) is 0 Å². The number of nitrogens with one attached hydrogen (secondary N) is 1. The van der Waals surface area contributed by atoms with Crippen LogP contribution in [0.5, 0.6) is 5.75 Å².